The summed E-state index contributed by atoms with van der Waals surface area (Å²) >= 11 is 1.61. The third kappa shape index (κ3) is 3.64. The fraction of sp³-hybridized carbons (Fsp3) is 0.471. The summed E-state index contributed by atoms with van der Waals surface area (Å²) in [5, 5.41) is 5.16. The maximum absolute atomic E-state index is 11.2. The van der Waals surface area contributed by atoms with Crippen molar-refractivity contribution in [2.45, 2.75) is 32.9 Å². The van der Waals surface area contributed by atoms with Crippen LogP contribution in [0.15, 0.2) is 18.6 Å². The number of aromatic nitrogens is 5. The Morgan fingerprint density at radius 3 is 3.15 bits per heavy atom. The number of aryl methyl sites for hydroxylation is 1. The smallest absolute Gasteiger partial charge is 0.252 e. The van der Waals surface area contributed by atoms with Crippen LogP contribution in [0.2, 0.25) is 0 Å². The zero-order valence-electron chi connectivity index (χ0n) is 14.8. The fourth-order valence-electron chi connectivity index (χ4n) is 3.15. The second-order valence-corrected chi connectivity index (χ2v) is 7.69. The topological polar surface area (TPSA) is 85.5 Å². The second kappa shape index (κ2) is 7.18. The standard InChI is InChI=1S/C17H20N6O2S/c1-11-5-14(23-17(21-11)19-10-20-23)15-9-22(3-4-25-15)8-13-7-18-16(26-13)6-12(2)24/h5,7,10,15H,3-4,6,8-9H2,1-2H3. The molecule has 26 heavy (non-hydrogen) atoms. The maximum atomic E-state index is 11.2. The summed E-state index contributed by atoms with van der Waals surface area (Å²) in [5.41, 5.74) is 1.87. The van der Waals surface area contributed by atoms with Crippen LogP contribution in [-0.2, 0) is 22.5 Å². The minimum Gasteiger partial charge on any atom is -0.369 e. The molecule has 9 heteroatoms. The number of ether oxygens (including phenoxy) is 1. The minimum atomic E-state index is -0.0840. The van der Waals surface area contributed by atoms with Crippen LogP contribution >= 0.6 is 11.3 Å². The number of nitrogens with zero attached hydrogens (tertiary/aromatic N) is 6. The lowest BCUT2D eigenvalue weighted by Crippen LogP contribution is -2.38. The number of hydrogen-bond donors (Lipinski definition) is 0. The van der Waals surface area contributed by atoms with Gasteiger partial charge in [-0.1, -0.05) is 0 Å². The van der Waals surface area contributed by atoms with Crippen molar-refractivity contribution in [1.82, 2.24) is 29.5 Å². The first-order valence-corrected chi connectivity index (χ1v) is 9.34. The second-order valence-electron chi connectivity index (χ2n) is 6.49. The van der Waals surface area contributed by atoms with Gasteiger partial charge in [-0.2, -0.15) is 14.6 Å². The van der Waals surface area contributed by atoms with Crippen molar-refractivity contribution in [2.24, 2.45) is 0 Å². The van der Waals surface area contributed by atoms with Gasteiger partial charge in [0.25, 0.3) is 5.78 Å². The number of ketones is 1. The average Bonchev–Trinajstić information content (AvgIpc) is 3.23. The molecule has 4 rings (SSSR count). The van der Waals surface area contributed by atoms with E-state index in [0.717, 1.165) is 36.0 Å². The van der Waals surface area contributed by atoms with Crippen molar-refractivity contribution in [3.63, 3.8) is 0 Å². The zero-order valence-corrected chi connectivity index (χ0v) is 15.6. The molecule has 0 N–H and O–H groups in total. The van der Waals surface area contributed by atoms with Gasteiger partial charge in [-0.3, -0.25) is 9.69 Å². The first-order chi connectivity index (χ1) is 12.6. The van der Waals surface area contributed by atoms with E-state index in [2.05, 4.69) is 25.0 Å². The SMILES string of the molecule is CC(=O)Cc1ncc(CN2CCOC(c3cc(C)nc4ncnn34)C2)s1. The molecule has 3 aromatic heterocycles. The monoisotopic (exact) mass is 372 g/mol. The van der Waals surface area contributed by atoms with E-state index in [0.29, 0.717) is 18.8 Å². The lowest BCUT2D eigenvalue weighted by atomic mass is 10.2. The molecule has 0 amide bonds. The van der Waals surface area contributed by atoms with Gasteiger partial charge in [0, 0.05) is 36.4 Å². The van der Waals surface area contributed by atoms with Crippen molar-refractivity contribution in [1.29, 1.82) is 0 Å². The Morgan fingerprint density at radius 1 is 1.42 bits per heavy atom. The highest BCUT2D eigenvalue weighted by Gasteiger charge is 2.25. The summed E-state index contributed by atoms with van der Waals surface area (Å²) < 4.78 is 7.76. The molecule has 3 aromatic rings. The number of rotatable bonds is 5. The van der Waals surface area contributed by atoms with Gasteiger partial charge in [0.1, 0.15) is 23.2 Å². The van der Waals surface area contributed by atoms with E-state index >= 15 is 0 Å². The van der Waals surface area contributed by atoms with Crippen LogP contribution in [0.25, 0.3) is 5.78 Å². The van der Waals surface area contributed by atoms with Crippen LogP contribution in [0.4, 0.5) is 0 Å². The molecule has 0 aromatic carbocycles. The summed E-state index contributed by atoms with van der Waals surface area (Å²) in [5.74, 6) is 0.735. The number of carbonyl (C=O) groups is 1. The lowest BCUT2D eigenvalue weighted by Gasteiger charge is -2.32. The zero-order chi connectivity index (χ0) is 18.1. The van der Waals surface area contributed by atoms with E-state index in [1.165, 1.54) is 11.2 Å². The van der Waals surface area contributed by atoms with Crippen LogP contribution in [0.1, 0.15) is 34.3 Å². The molecule has 8 nitrogen and oxygen atoms in total. The van der Waals surface area contributed by atoms with Gasteiger partial charge in [-0.25, -0.2) is 9.97 Å². The first-order valence-electron chi connectivity index (χ1n) is 8.53. The number of hydrogen-bond acceptors (Lipinski definition) is 8. The average molecular weight is 372 g/mol. The number of carbonyl (C=O) groups excluding carboxylic acids is 1. The van der Waals surface area contributed by atoms with Crippen LogP contribution in [0.5, 0.6) is 0 Å². The molecule has 0 aliphatic carbocycles. The van der Waals surface area contributed by atoms with E-state index in [1.807, 2.05) is 19.2 Å². The van der Waals surface area contributed by atoms with E-state index in [9.17, 15) is 4.79 Å². The molecule has 4 heterocycles. The van der Waals surface area contributed by atoms with E-state index < -0.39 is 0 Å². The molecular weight excluding hydrogens is 352 g/mol. The van der Waals surface area contributed by atoms with Crippen molar-refractivity contribution in [3.8, 4) is 0 Å². The molecule has 1 aliphatic heterocycles. The van der Waals surface area contributed by atoms with Crippen molar-refractivity contribution in [2.75, 3.05) is 19.7 Å². The predicted octanol–water partition coefficient (Wildman–Crippen LogP) is 1.59. The Hall–Kier alpha value is -2.23. The van der Waals surface area contributed by atoms with Crippen molar-refractivity contribution in [3.05, 3.63) is 39.9 Å². The van der Waals surface area contributed by atoms with Crippen LogP contribution in [-0.4, -0.2) is 54.9 Å². The number of fused-ring (bicyclic) bond motifs is 1. The van der Waals surface area contributed by atoms with Crippen LogP contribution in [0.3, 0.4) is 0 Å². The maximum Gasteiger partial charge on any atom is 0.252 e. The summed E-state index contributed by atoms with van der Waals surface area (Å²) in [4.78, 5) is 27.7. The quantitative estimate of drug-likeness (QED) is 0.672. The summed E-state index contributed by atoms with van der Waals surface area (Å²) in [6, 6.07) is 2.01. The Kier molecular flexibility index (Phi) is 4.75. The van der Waals surface area contributed by atoms with Gasteiger partial charge in [0.15, 0.2) is 0 Å². The summed E-state index contributed by atoms with van der Waals surface area (Å²) in [6.45, 7) is 6.63. The minimum absolute atomic E-state index is 0.0840. The highest BCUT2D eigenvalue weighted by Crippen LogP contribution is 2.25. The molecule has 1 unspecified atom stereocenters. The predicted molar refractivity (Wildman–Crippen MR) is 96.0 cm³/mol. The molecule has 1 saturated heterocycles. The van der Waals surface area contributed by atoms with Gasteiger partial charge in [0.05, 0.1) is 18.7 Å². The van der Waals surface area contributed by atoms with Crippen LogP contribution in [0, 0.1) is 6.92 Å². The highest BCUT2D eigenvalue weighted by molar-refractivity contribution is 7.11. The van der Waals surface area contributed by atoms with Crippen molar-refractivity contribution < 1.29 is 9.53 Å². The Balaban J connectivity index is 1.49. The summed E-state index contributed by atoms with van der Waals surface area (Å²) in [7, 11) is 0. The van der Waals surface area contributed by atoms with Crippen molar-refractivity contribution >= 4 is 22.9 Å². The van der Waals surface area contributed by atoms with Gasteiger partial charge in [-0.15, -0.1) is 11.3 Å². The Morgan fingerprint density at radius 2 is 2.31 bits per heavy atom. The van der Waals surface area contributed by atoms with Gasteiger partial charge in [-0.05, 0) is 19.9 Å². The number of thiazole rings is 1. The Bertz CT molecular complexity index is 936. The molecule has 0 radical (unpaired) electrons. The van der Waals surface area contributed by atoms with Gasteiger partial charge < -0.3 is 4.74 Å². The third-order valence-corrected chi connectivity index (χ3v) is 5.25. The number of morpholine rings is 1. The van der Waals surface area contributed by atoms with Gasteiger partial charge >= 0.3 is 0 Å². The fourth-order valence-corrected chi connectivity index (χ4v) is 4.19. The molecule has 0 bridgehead atoms. The molecule has 136 valence electrons. The van der Waals surface area contributed by atoms with E-state index in [1.54, 1.807) is 22.8 Å². The normalized spacial score (nSPS) is 18.5. The number of Topliss-reactive ketones (excluding diaryl/α,β-unsaturated/α-hetero) is 1. The van der Waals surface area contributed by atoms with E-state index in [-0.39, 0.29) is 11.9 Å². The first kappa shape index (κ1) is 17.2. The highest BCUT2D eigenvalue weighted by atomic mass is 32.1. The Labute approximate surface area is 154 Å². The molecule has 0 spiro atoms. The molecule has 1 atom stereocenters. The lowest BCUT2D eigenvalue weighted by molar-refractivity contribution is -0.116. The largest absolute Gasteiger partial charge is 0.369 e. The van der Waals surface area contributed by atoms with E-state index in [4.69, 9.17) is 4.74 Å². The summed E-state index contributed by atoms with van der Waals surface area (Å²) in [6.07, 6.45) is 3.72. The van der Waals surface area contributed by atoms with Crippen LogP contribution < -0.4 is 0 Å². The molecule has 1 aliphatic rings. The molecule has 1 fully saturated rings. The third-order valence-electron chi connectivity index (χ3n) is 4.27. The van der Waals surface area contributed by atoms with Gasteiger partial charge in [0.2, 0.25) is 0 Å². The molecular formula is C17H20N6O2S. The molecule has 0 saturated carbocycles.